The molecule has 1 aromatic carbocycles. The lowest BCUT2D eigenvalue weighted by Gasteiger charge is -2.02. The number of allylic oxidation sites excluding steroid dienone is 4. The SMILES string of the molecule is C=CC(=C)/C=C(\C=N/CNC)c1ccccc1. The van der Waals surface area contributed by atoms with Gasteiger partial charge < -0.3 is 5.32 Å². The maximum Gasteiger partial charge on any atom is 0.0882 e. The molecule has 1 rings (SSSR count). The summed E-state index contributed by atoms with van der Waals surface area (Å²) in [7, 11) is 1.87. The van der Waals surface area contributed by atoms with E-state index in [2.05, 4.69) is 23.5 Å². The van der Waals surface area contributed by atoms with Crippen molar-refractivity contribution in [2.75, 3.05) is 13.7 Å². The maximum absolute atomic E-state index is 4.27. The van der Waals surface area contributed by atoms with Crippen molar-refractivity contribution in [3.8, 4) is 0 Å². The molecule has 2 heteroatoms. The third kappa shape index (κ3) is 4.62. The summed E-state index contributed by atoms with van der Waals surface area (Å²) in [6.45, 7) is 8.20. The summed E-state index contributed by atoms with van der Waals surface area (Å²) in [6.07, 6.45) is 5.55. The van der Waals surface area contributed by atoms with E-state index in [0.29, 0.717) is 6.67 Å². The molecule has 0 saturated heterocycles. The van der Waals surface area contributed by atoms with Crippen LogP contribution in [0.4, 0.5) is 0 Å². The maximum atomic E-state index is 4.27. The molecule has 2 nitrogen and oxygen atoms in total. The predicted molar refractivity (Wildman–Crippen MR) is 76.2 cm³/mol. The normalized spacial score (nSPS) is 11.7. The van der Waals surface area contributed by atoms with Crippen LogP contribution in [0, 0.1) is 0 Å². The van der Waals surface area contributed by atoms with E-state index in [1.165, 1.54) is 0 Å². The molecular formula is C15H18N2. The number of nitrogens with one attached hydrogen (secondary N) is 1. The molecule has 0 spiro atoms. The first-order chi connectivity index (χ1) is 8.27. The Balaban J connectivity index is 2.98. The van der Waals surface area contributed by atoms with Gasteiger partial charge >= 0.3 is 0 Å². The molecule has 1 aromatic rings. The lowest BCUT2D eigenvalue weighted by atomic mass is 10.0. The number of hydrogen-bond donors (Lipinski definition) is 1. The van der Waals surface area contributed by atoms with Crippen molar-refractivity contribution in [2.45, 2.75) is 0 Å². The van der Waals surface area contributed by atoms with Gasteiger partial charge in [0.15, 0.2) is 0 Å². The van der Waals surface area contributed by atoms with Crippen LogP contribution in [0.3, 0.4) is 0 Å². The van der Waals surface area contributed by atoms with Gasteiger partial charge in [-0.1, -0.05) is 49.6 Å². The molecule has 0 saturated carbocycles. The first-order valence-electron chi connectivity index (χ1n) is 5.51. The molecule has 0 aliphatic rings. The molecule has 0 heterocycles. The molecule has 88 valence electrons. The molecule has 17 heavy (non-hydrogen) atoms. The molecular weight excluding hydrogens is 208 g/mol. The molecule has 0 aromatic heterocycles. The first kappa shape index (κ1) is 13.1. The number of rotatable bonds is 6. The average Bonchev–Trinajstić information content (AvgIpc) is 2.38. The van der Waals surface area contributed by atoms with Crippen molar-refractivity contribution >= 4 is 11.8 Å². The van der Waals surface area contributed by atoms with Crippen LogP contribution >= 0.6 is 0 Å². The zero-order chi connectivity index (χ0) is 12.5. The van der Waals surface area contributed by atoms with E-state index < -0.39 is 0 Å². The Bertz CT molecular complexity index is 427. The fourth-order valence-electron chi connectivity index (χ4n) is 1.32. The van der Waals surface area contributed by atoms with Gasteiger partial charge in [0.05, 0.1) is 6.67 Å². The minimum Gasteiger partial charge on any atom is -0.301 e. The van der Waals surface area contributed by atoms with Crippen LogP contribution in [-0.2, 0) is 0 Å². The largest absolute Gasteiger partial charge is 0.301 e. The summed E-state index contributed by atoms with van der Waals surface area (Å²) in [5, 5.41) is 2.97. The number of benzene rings is 1. The van der Waals surface area contributed by atoms with Crippen molar-refractivity contribution < 1.29 is 0 Å². The van der Waals surface area contributed by atoms with Gasteiger partial charge in [-0.25, -0.2) is 0 Å². The molecule has 0 amide bonds. The van der Waals surface area contributed by atoms with Crippen molar-refractivity contribution in [3.63, 3.8) is 0 Å². The van der Waals surface area contributed by atoms with E-state index in [4.69, 9.17) is 0 Å². The molecule has 1 N–H and O–H groups in total. The lowest BCUT2D eigenvalue weighted by molar-refractivity contribution is 0.838. The Morgan fingerprint density at radius 3 is 2.65 bits per heavy atom. The Hall–Kier alpha value is -1.93. The fourth-order valence-corrected chi connectivity index (χ4v) is 1.32. The van der Waals surface area contributed by atoms with E-state index in [1.54, 1.807) is 6.08 Å². The number of hydrogen-bond acceptors (Lipinski definition) is 2. The fraction of sp³-hybridized carbons (Fsp3) is 0.133. The molecule has 0 atom stereocenters. The number of aliphatic imine (C=N–C) groups is 1. The standard InChI is InChI=1S/C15H18N2/c1-4-13(2)10-15(11-17-12-16-3)14-8-6-5-7-9-14/h4-11,16H,1-2,12H2,3H3/b15-10+,17-11-. The minimum atomic E-state index is 0.602. The molecule has 0 fully saturated rings. The van der Waals surface area contributed by atoms with Crippen LogP contribution in [0.1, 0.15) is 5.56 Å². The second-order valence-electron chi connectivity index (χ2n) is 3.57. The average molecular weight is 226 g/mol. The quantitative estimate of drug-likeness (QED) is 0.585. The van der Waals surface area contributed by atoms with E-state index in [0.717, 1.165) is 16.7 Å². The zero-order valence-corrected chi connectivity index (χ0v) is 10.2. The van der Waals surface area contributed by atoms with Gasteiger partial charge in [-0.15, -0.1) is 0 Å². The highest BCUT2D eigenvalue weighted by molar-refractivity contribution is 6.10. The van der Waals surface area contributed by atoms with Gasteiger partial charge in [0.1, 0.15) is 0 Å². The summed E-state index contributed by atoms with van der Waals surface area (Å²) < 4.78 is 0. The Morgan fingerprint density at radius 1 is 1.35 bits per heavy atom. The van der Waals surface area contributed by atoms with Gasteiger partial charge in [0.25, 0.3) is 0 Å². The topological polar surface area (TPSA) is 24.4 Å². The Labute approximate surface area is 103 Å². The molecule has 0 bridgehead atoms. The highest BCUT2D eigenvalue weighted by atomic mass is 15.0. The molecule has 0 radical (unpaired) electrons. The summed E-state index contributed by atoms with van der Waals surface area (Å²) in [6, 6.07) is 10.1. The monoisotopic (exact) mass is 226 g/mol. The number of nitrogens with zero attached hydrogens (tertiary/aromatic N) is 1. The summed E-state index contributed by atoms with van der Waals surface area (Å²) in [5.74, 6) is 0. The van der Waals surface area contributed by atoms with Gasteiger partial charge in [0, 0.05) is 11.8 Å². The van der Waals surface area contributed by atoms with Crippen LogP contribution in [0.15, 0.2) is 66.2 Å². The highest BCUT2D eigenvalue weighted by Crippen LogP contribution is 2.14. The molecule has 0 aliphatic carbocycles. The second-order valence-corrected chi connectivity index (χ2v) is 3.57. The zero-order valence-electron chi connectivity index (χ0n) is 10.2. The third-order valence-corrected chi connectivity index (χ3v) is 2.19. The van der Waals surface area contributed by atoms with E-state index in [9.17, 15) is 0 Å². The van der Waals surface area contributed by atoms with Crippen LogP contribution < -0.4 is 5.32 Å². The van der Waals surface area contributed by atoms with Crippen LogP contribution in [-0.4, -0.2) is 19.9 Å². The van der Waals surface area contributed by atoms with Gasteiger partial charge in [-0.2, -0.15) is 0 Å². The van der Waals surface area contributed by atoms with E-state index in [1.807, 2.05) is 49.7 Å². The second kappa shape index (κ2) is 7.36. The molecule has 0 unspecified atom stereocenters. The Morgan fingerprint density at radius 2 is 2.06 bits per heavy atom. The van der Waals surface area contributed by atoms with E-state index >= 15 is 0 Å². The van der Waals surface area contributed by atoms with Crippen molar-refractivity contribution in [3.05, 3.63) is 66.8 Å². The minimum absolute atomic E-state index is 0.602. The van der Waals surface area contributed by atoms with Crippen molar-refractivity contribution in [2.24, 2.45) is 4.99 Å². The predicted octanol–water partition coefficient (Wildman–Crippen LogP) is 3.06. The van der Waals surface area contributed by atoms with Crippen LogP contribution in [0.5, 0.6) is 0 Å². The van der Waals surface area contributed by atoms with Crippen LogP contribution in [0.25, 0.3) is 5.57 Å². The highest BCUT2D eigenvalue weighted by Gasteiger charge is 1.97. The van der Waals surface area contributed by atoms with Crippen molar-refractivity contribution in [1.82, 2.24) is 5.32 Å². The third-order valence-electron chi connectivity index (χ3n) is 2.19. The summed E-state index contributed by atoms with van der Waals surface area (Å²) >= 11 is 0. The lowest BCUT2D eigenvalue weighted by Crippen LogP contribution is -2.04. The Kier molecular flexibility index (Phi) is 5.69. The van der Waals surface area contributed by atoms with E-state index in [-0.39, 0.29) is 0 Å². The first-order valence-corrected chi connectivity index (χ1v) is 5.51. The smallest absolute Gasteiger partial charge is 0.0882 e. The summed E-state index contributed by atoms with van der Waals surface area (Å²) in [5.41, 5.74) is 3.03. The van der Waals surface area contributed by atoms with Crippen LogP contribution in [0.2, 0.25) is 0 Å². The van der Waals surface area contributed by atoms with Gasteiger partial charge in [0.2, 0.25) is 0 Å². The van der Waals surface area contributed by atoms with Gasteiger partial charge in [-0.05, 0) is 24.3 Å². The summed E-state index contributed by atoms with van der Waals surface area (Å²) in [4.78, 5) is 4.27. The molecule has 0 aliphatic heterocycles. The van der Waals surface area contributed by atoms with Gasteiger partial charge in [-0.3, -0.25) is 4.99 Å². The van der Waals surface area contributed by atoms with Crippen molar-refractivity contribution in [1.29, 1.82) is 0 Å².